The number of esters is 1. The van der Waals surface area contributed by atoms with Crippen LogP contribution in [-0.2, 0) is 9.53 Å². The van der Waals surface area contributed by atoms with Gasteiger partial charge >= 0.3 is 5.97 Å². The second kappa shape index (κ2) is 9.57. The number of ether oxygens (including phenoxy) is 1. The lowest BCUT2D eigenvalue weighted by molar-refractivity contribution is -0.145. The maximum Gasteiger partial charge on any atom is 0.310 e. The van der Waals surface area contributed by atoms with E-state index in [0.717, 1.165) is 19.0 Å². The summed E-state index contributed by atoms with van der Waals surface area (Å²) in [4.78, 5) is 21.2. The number of rotatable bonds is 6. The summed E-state index contributed by atoms with van der Waals surface area (Å²) in [6.45, 7) is 7.07. The Morgan fingerprint density at radius 3 is 2.62 bits per heavy atom. The van der Waals surface area contributed by atoms with Crippen LogP contribution >= 0.6 is 0 Å². The van der Waals surface area contributed by atoms with Gasteiger partial charge in [-0.2, -0.15) is 0 Å². The number of nitrogens with one attached hydrogen (secondary N) is 1. The topological polar surface area (TPSA) is 57.2 Å². The molecule has 0 aliphatic carbocycles. The summed E-state index contributed by atoms with van der Waals surface area (Å²) in [6.07, 6.45) is 0. The highest BCUT2D eigenvalue weighted by molar-refractivity contribution is 5.82. The molecule has 0 amide bonds. The van der Waals surface area contributed by atoms with Crippen LogP contribution in [0.3, 0.4) is 0 Å². The number of likely N-dealkylation sites (N-methyl/N-ethyl adjacent to an activating group) is 1. The molecule has 0 saturated carbocycles. The van der Waals surface area contributed by atoms with Crippen molar-refractivity contribution in [2.75, 3.05) is 47.4 Å². The lowest BCUT2D eigenvalue weighted by atomic mass is 9.99. The van der Waals surface area contributed by atoms with E-state index < -0.39 is 0 Å². The van der Waals surface area contributed by atoms with Crippen molar-refractivity contribution >= 4 is 11.9 Å². The van der Waals surface area contributed by atoms with E-state index in [1.807, 2.05) is 6.07 Å². The maximum absolute atomic E-state index is 12.0. The van der Waals surface area contributed by atoms with Crippen molar-refractivity contribution in [3.8, 4) is 0 Å². The van der Waals surface area contributed by atoms with Crippen molar-refractivity contribution in [3.05, 3.63) is 35.9 Å². The largest absolute Gasteiger partial charge is 0.469 e. The molecule has 2 rings (SSSR count). The Morgan fingerprint density at radius 1 is 1.35 bits per heavy atom. The predicted molar refractivity (Wildman–Crippen MR) is 105 cm³/mol. The summed E-state index contributed by atoms with van der Waals surface area (Å²) in [5.41, 5.74) is 1.25. The number of carbonyl (C=O) groups is 1. The number of carbonyl (C=O) groups excluding carboxylic acids is 1. The molecule has 1 aromatic rings. The normalized spacial score (nSPS) is 21.8. The zero-order valence-corrected chi connectivity index (χ0v) is 16.6. The van der Waals surface area contributed by atoms with E-state index >= 15 is 0 Å². The first-order valence-electron chi connectivity index (χ1n) is 9.30. The Balaban J connectivity index is 2.14. The zero-order valence-electron chi connectivity index (χ0n) is 16.6. The molecule has 3 atom stereocenters. The lowest BCUT2D eigenvalue weighted by Crippen LogP contribution is -2.41. The average molecular weight is 361 g/mol. The third-order valence-electron chi connectivity index (χ3n) is 4.97. The molecule has 26 heavy (non-hydrogen) atoms. The van der Waals surface area contributed by atoms with E-state index in [2.05, 4.69) is 67.3 Å². The molecule has 0 bridgehead atoms. The smallest absolute Gasteiger partial charge is 0.310 e. The van der Waals surface area contributed by atoms with Crippen LogP contribution in [0, 0.1) is 11.8 Å². The molecule has 0 radical (unpaired) electrons. The minimum atomic E-state index is -0.133. The number of guanidine groups is 1. The van der Waals surface area contributed by atoms with E-state index in [1.165, 1.54) is 12.7 Å². The molecular weight excluding hydrogens is 328 g/mol. The molecule has 6 heteroatoms. The molecule has 1 aliphatic heterocycles. The first-order chi connectivity index (χ1) is 12.5. The molecule has 0 spiro atoms. The summed E-state index contributed by atoms with van der Waals surface area (Å²) in [7, 11) is 5.61. The van der Waals surface area contributed by atoms with Crippen LogP contribution in [-0.4, -0.2) is 69.1 Å². The fraction of sp³-hybridized carbons (Fsp3) is 0.600. The first-order valence-corrected chi connectivity index (χ1v) is 9.30. The molecule has 1 N–H and O–H groups in total. The third-order valence-corrected chi connectivity index (χ3v) is 4.97. The van der Waals surface area contributed by atoms with Gasteiger partial charge in [0.2, 0.25) is 0 Å². The van der Waals surface area contributed by atoms with Crippen LogP contribution in [0.1, 0.15) is 25.5 Å². The van der Waals surface area contributed by atoms with Crippen LogP contribution in [0.5, 0.6) is 0 Å². The molecule has 6 nitrogen and oxygen atoms in total. The first kappa shape index (κ1) is 20.2. The fourth-order valence-corrected chi connectivity index (χ4v) is 3.44. The number of likely N-dealkylation sites (tertiary alicyclic amines) is 1. The van der Waals surface area contributed by atoms with Crippen molar-refractivity contribution in [1.82, 2.24) is 15.1 Å². The van der Waals surface area contributed by atoms with E-state index in [4.69, 9.17) is 9.73 Å². The monoisotopic (exact) mass is 360 g/mol. The SMILES string of the molecule is CCNC(=NCC(c1ccccc1)N(C)C)N1CC(C)C(C(=O)OC)C1. The quantitative estimate of drug-likeness (QED) is 0.478. The molecule has 3 unspecified atom stereocenters. The lowest BCUT2D eigenvalue weighted by Gasteiger charge is -2.26. The standard InChI is InChI=1S/C20H32N4O2/c1-6-21-20(24-13-15(2)17(14-24)19(25)26-5)22-12-18(23(3)4)16-10-8-7-9-11-16/h7-11,15,17-18H,6,12-14H2,1-5H3,(H,21,22). The second-order valence-electron chi connectivity index (χ2n) is 7.10. The van der Waals surface area contributed by atoms with Gasteiger partial charge in [-0.15, -0.1) is 0 Å². The van der Waals surface area contributed by atoms with Crippen LogP contribution < -0.4 is 5.32 Å². The highest BCUT2D eigenvalue weighted by Crippen LogP contribution is 2.24. The number of methoxy groups -OCH3 is 1. The molecule has 1 saturated heterocycles. The minimum absolute atomic E-state index is 0.0948. The van der Waals surface area contributed by atoms with Gasteiger partial charge in [-0.1, -0.05) is 37.3 Å². The molecular formula is C20H32N4O2. The Morgan fingerprint density at radius 2 is 2.04 bits per heavy atom. The van der Waals surface area contributed by atoms with Crippen molar-refractivity contribution in [2.45, 2.75) is 19.9 Å². The van der Waals surface area contributed by atoms with Gasteiger partial charge in [-0.25, -0.2) is 0 Å². The number of hydrogen-bond acceptors (Lipinski definition) is 4. The van der Waals surface area contributed by atoms with E-state index in [1.54, 1.807) is 0 Å². The van der Waals surface area contributed by atoms with Crippen LogP contribution in [0.2, 0.25) is 0 Å². The van der Waals surface area contributed by atoms with Crippen molar-refractivity contribution < 1.29 is 9.53 Å². The van der Waals surface area contributed by atoms with E-state index in [0.29, 0.717) is 13.1 Å². The molecule has 1 fully saturated rings. The second-order valence-corrected chi connectivity index (χ2v) is 7.10. The molecule has 1 aliphatic rings. The number of nitrogens with zero attached hydrogens (tertiary/aromatic N) is 3. The Labute approximate surface area is 157 Å². The number of hydrogen-bond donors (Lipinski definition) is 1. The summed E-state index contributed by atoms with van der Waals surface area (Å²) in [5.74, 6) is 0.896. The number of benzene rings is 1. The zero-order chi connectivity index (χ0) is 19.1. The molecule has 1 aromatic carbocycles. The van der Waals surface area contributed by atoms with Crippen molar-refractivity contribution in [2.24, 2.45) is 16.8 Å². The van der Waals surface area contributed by atoms with Gasteiger partial charge in [0.1, 0.15) is 0 Å². The summed E-state index contributed by atoms with van der Waals surface area (Å²) >= 11 is 0. The summed E-state index contributed by atoms with van der Waals surface area (Å²) in [5, 5.41) is 3.37. The van der Waals surface area contributed by atoms with Crippen molar-refractivity contribution in [3.63, 3.8) is 0 Å². The summed E-state index contributed by atoms with van der Waals surface area (Å²) in [6, 6.07) is 10.6. The van der Waals surface area contributed by atoms with E-state index in [9.17, 15) is 4.79 Å². The van der Waals surface area contributed by atoms with Crippen LogP contribution in [0.4, 0.5) is 0 Å². The predicted octanol–water partition coefficient (Wildman–Crippen LogP) is 2.00. The average Bonchev–Trinajstić information content (AvgIpc) is 3.02. The maximum atomic E-state index is 12.0. The molecule has 144 valence electrons. The van der Waals surface area contributed by atoms with Gasteiger partial charge < -0.3 is 19.9 Å². The third kappa shape index (κ3) is 4.97. The Kier molecular flexibility index (Phi) is 7.45. The van der Waals surface area contributed by atoms with Gasteiger partial charge in [0.05, 0.1) is 25.6 Å². The molecule has 1 heterocycles. The van der Waals surface area contributed by atoms with Crippen molar-refractivity contribution in [1.29, 1.82) is 0 Å². The van der Waals surface area contributed by atoms with Gasteiger partial charge in [0.15, 0.2) is 5.96 Å². The van der Waals surface area contributed by atoms with Gasteiger partial charge in [0, 0.05) is 19.6 Å². The van der Waals surface area contributed by atoms with E-state index in [-0.39, 0.29) is 23.8 Å². The fourth-order valence-electron chi connectivity index (χ4n) is 3.44. The van der Waals surface area contributed by atoms with Gasteiger partial charge in [0.25, 0.3) is 0 Å². The molecule has 0 aromatic heterocycles. The van der Waals surface area contributed by atoms with Crippen LogP contribution in [0.15, 0.2) is 35.3 Å². The summed E-state index contributed by atoms with van der Waals surface area (Å²) < 4.78 is 4.95. The van der Waals surface area contributed by atoms with Gasteiger partial charge in [-0.05, 0) is 32.5 Å². The Hall–Kier alpha value is -2.08. The van der Waals surface area contributed by atoms with Gasteiger partial charge in [-0.3, -0.25) is 9.79 Å². The highest BCUT2D eigenvalue weighted by atomic mass is 16.5. The highest BCUT2D eigenvalue weighted by Gasteiger charge is 2.36. The number of aliphatic imine (C=N–C) groups is 1. The Bertz CT molecular complexity index is 603. The minimum Gasteiger partial charge on any atom is -0.469 e. The van der Waals surface area contributed by atoms with Crippen LogP contribution in [0.25, 0.3) is 0 Å².